The molecule has 0 amide bonds. The molecule has 22 heavy (non-hydrogen) atoms. The molecular formula is C18H23NO3. The third kappa shape index (κ3) is 3.78. The summed E-state index contributed by atoms with van der Waals surface area (Å²) in [6.45, 7) is 0.786. The zero-order valence-electron chi connectivity index (χ0n) is 13.3. The molecule has 0 aliphatic heterocycles. The summed E-state index contributed by atoms with van der Waals surface area (Å²) in [4.78, 5) is 2.12. The van der Waals surface area contributed by atoms with Crippen molar-refractivity contribution >= 4 is 0 Å². The monoisotopic (exact) mass is 301 g/mol. The zero-order chi connectivity index (χ0) is 15.9. The maximum atomic E-state index is 9.72. The van der Waals surface area contributed by atoms with Crippen LogP contribution in [0.25, 0.3) is 0 Å². The minimum absolute atomic E-state index is 0.0331. The number of aliphatic hydroxyl groups excluding tert-OH is 1. The van der Waals surface area contributed by atoms with E-state index in [1.54, 1.807) is 14.2 Å². The average molecular weight is 301 g/mol. The fourth-order valence-electron chi connectivity index (χ4n) is 2.55. The van der Waals surface area contributed by atoms with E-state index >= 15 is 0 Å². The Kier molecular flexibility index (Phi) is 5.81. The normalized spacial score (nSPS) is 12.2. The SMILES string of the molecule is COc1ccc(CN(C)[C@@H](CO)c2ccccc2)cc1OC. The molecule has 2 rings (SSSR count). The largest absolute Gasteiger partial charge is 0.493 e. The highest BCUT2D eigenvalue weighted by atomic mass is 16.5. The van der Waals surface area contributed by atoms with Gasteiger partial charge in [-0.25, -0.2) is 0 Å². The van der Waals surface area contributed by atoms with Gasteiger partial charge in [0.05, 0.1) is 26.9 Å². The van der Waals surface area contributed by atoms with Crippen LogP contribution in [-0.4, -0.2) is 37.9 Å². The lowest BCUT2D eigenvalue weighted by Gasteiger charge is -2.27. The second kappa shape index (κ2) is 7.82. The molecule has 1 N–H and O–H groups in total. The first kappa shape index (κ1) is 16.3. The molecule has 0 fully saturated rings. The molecular weight excluding hydrogens is 278 g/mol. The number of rotatable bonds is 7. The maximum absolute atomic E-state index is 9.72. The molecule has 0 aliphatic carbocycles. The molecule has 0 spiro atoms. The summed E-state index contributed by atoms with van der Waals surface area (Å²) < 4.78 is 10.6. The Balaban J connectivity index is 2.15. The van der Waals surface area contributed by atoms with Crippen molar-refractivity contribution in [2.75, 3.05) is 27.9 Å². The minimum atomic E-state index is -0.0331. The van der Waals surface area contributed by atoms with Gasteiger partial charge >= 0.3 is 0 Å². The number of hydrogen-bond donors (Lipinski definition) is 1. The molecule has 0 unspecified atom stereocenters. The van der Waals surface area contributed by atoms with E-state index in [1.807, 2.05) is 55.6 Å². The summed E-state index contributed by atoms with van der Waals surface area (Å²) in [7, 11) is 5.26. The first-order valence-corrected chi connectivity index (χ1v) is 7.26. The van der Waals surface area contributed by atoms with Crippen molar-refractivity contribution in [2.45, 2.75) is 12.6 Å². The van der Waals surface area contributed by atoms with Crippen LogP contribution in [0.3, 0.4) is 0 Å². The van der Waals surface area contributed by atoms with Crippen LogP contribution in [0.5, 0.6) is 11.5 Å². The predicted molar refractivity (Wildman–Crippen MR) is 87.3 cm³/mol. The molecule has 0 heterocycles. The molecule has 0 radical (unpaired) electrons. The van der Waals surface area contributed by atoms with Crippen molar-refractivity contribution in [1.82, 2.24) is 4.90 Å². The summed E-state index contributed by atoms with van der Waals surface area (Å²) in [5.41, 5.74) is 2.21. The van der Waals surface area contributed by atoms with Crippen molar-refractivity contribution in [2.24, 2.45) is 0 Å². The molecule has 0 saturated carbocycles. The van der Waals surface area contributed by atoms with Gasteiger partial charge in [-0.3, -0.25) is 4.90 Å². The number of benzene rings is 2. The Labute approximate surface area is 131 Å². The van der Waals surface area contributed by atoms with Crippen LogP contribution >= 0.6 is 0 Å². The topological polar surface area (TPSA) is 41.9 Å². The van der Waals surface area contributed by atoms with E-state index in [4.69, 9.17) is 9.47 Å². The molecule has 2 aromatic rings. The molecule has 0 aromatic heterocycles. The van der Waals surface area contributed by atoms with E-state index in [0.29, 0.717) is 12.3 Å². The van der Waals surface area contributed by atoms with Gasteiger partial charge in [0.2, 0.25) is 0 Å². The number of likely N-dealkylation sites (N-methyl/N-ethyl adjacent to an activating group) is 1. The first-order chi connectivity index (χ1) is 10.7. The highest BCUT2D eigenvalue weighted by molar-refractivity contribution is 5.42. The van der Waals surface area contributed by atoms with Crippen molar-refractivity contribution in [3.05, 3.63) is 59.7 Å². The lowest BCUT2D eigenvalue weighted by molar-refractivity contribution is 0.142. The average Bonchev–Trinajstić information content (AvgIpc) is 2.56. The Bertz CT molecular complexity index is 586. The molecule has 118 valence electrons. The number of methoxy groups -OCH3 is 2. The fourth-order valence-corrected chi connectivity index (χ4v) is 2.55. The van der Waals surface area contributed by atoms with E-state index in [9.17, 15) is 5.11 Å². The molecule has 0 saturated heterocycles. The van der Waals surface area contributed by atoms with Gasteiger partial charge in [-0.15, -0.1) is 0 Å². The van der Waals surface area contributed by atoms with E-state index in [2.05, 4.69) is 4.90 Å². The smallest absolute Gasteiger partial charge is 0.161 e. The Morgan fingerprint density at radius 3 is 2.27 bits per heavy atom. The standard InChI is InChI=1S/C18H23NO3/c1-19(16(13-20)15-7-5-4-6-8-15)12-14-9-10-17(21-2)18(11-14)22-3/h4-11,16,20H,12-13H2,1-3H3/t16-/m0/s1. The highest BCUT2D eigenvalue weighted by Gasteiger charge is 2.16. The van der Waals surface area contributed by atoms with Gasteiger partial charge in [-0.2, -0.15) is 0 Å². The minimum Gasteiger partial charge on any atom is -0.493 e. The summed E-state index contributed by atoms with van der Waals surface area (Å²) in [5, 5.41) is 9.72. The van der Waals surface area contributed by atoms with Crippen LogP contribution in [0.2, 0.25) is 0 Å². The number of ether oxygens (including phenoxy) is 2. The molecule has 0 bridgehead atoms. The Morgan fingerprint density at radius 2 is 1.68 bits per heavy atom. The van der Waals surface area contributed by atoms with Crippen molar-refractivity contribution in [3.8, 4) is 11.5 Å². The van der Waals surface area contributed by atoms with E-state index < -0.39 is 0 Å². The first-order valence-electron chi connectivity index (χ1n) is 7.26. The van der Waals surface area contributed by atoms with Crippen LogP contribution in [-0.2, 0) is 6.54 Å². The van der Waals surface area contributed by atoms with Gasteiger partial charge in [0.15, 0.2) is 11.5 Å². The summed E-state index contributed by atoms with van der Waals surface area (Å²) in [5.74, 6) is 1.43. The fraction of sp³-hybridized carbons (Fsp3) is 0.333. The van der Waals surface area contributed by atoms with Gasteiger partial charge in [-0.1, -0.05) is 36.4 Å². The van der Waals surface area contributed by atoms with Crippen LogP contribution in [0.4, 0.5) is 0 Å². The van der Waals surface area contributed by atoms with Crippen LogP contribution in [0.15, 0.2) is 48.5 Å². The number of hydrogen-bond acceptors (Lipinski definition) is 4. The van der Waals surface area contributed by atoms with E-state index in [0.717, 1.165) is 16.9 Å². The zero-order valence-corrected chi connectivity index (χ0v) is 13.3. The lowest BCUT2D eigenvalue weighted by Crippen LogP contribution is -2.26. The van der Waals surface area contributed by atoms with Crippen LogP contribution < -0.4 is 9.47 Å². The molecule has 0 aliphatic rings. The quantitative estimate of drug-likeness (QED) is 0.854. The Morgan fingerprint density at radius 1 is 1.00 bits per heavy atom. The summed E-state index contributed by atoms with van der Waals surface area (Å²) in [6.07, 6.45) is 0. The second-order valence-corrected chi connectivity index (χ2v) is 5.21. The molecule has 2 aromatic carbocycles. The maximum Gasteiger partial charge on any atom is 0.161 e. The summed E-state index contributed by atoms with van der Waals surface area (Å²) in [6, 6.07) is 15.9. The molecule has 4 nitrogen and oxygen atoms in total. The Hall–Kier alpha value is -2.04. The van der Waals surface area contributed by atoms with Crippen molar-refractivity contribution in [3.63, 3.8) is 0 Å². The lowest BCUT2D eigenvalue weighted by atomic mass is 10.1. The van der Waals surface area contributed by atoms with Gasteiger partial charge in [0, 0.05) is 6.54 Å². The molecule has 1 atom stereocenters. The number of nitrogens with zero attached hydrogens (tertiary/aromatic N) is 1. The second-order valence-electron chi connectivity index (χ2n) is 5.21. The van der Waals surface area contributed by atoms with Gasteiger partial charge in [0.25, 0.3) is 0 Å². The predicted octanol–water partition coefficient (Wildman–Crippen LogP) is 2.87. The van der Waals surface area contributed by atoms with Crippen molar-refractivity contribution in [1.29, 1.82) is 0 Å². The number of aliphatic hydroxyl groups is 1. The summed E-state index contributed by atoms with van der Waals surface area (Å²) >= 11 is 0. The van der Waals surface area contributed by atoms with Gasteiger partial charge in [-0.05, 0) is 30.3 Å². The highest BCUT2D eigenvalue weighted by Crippen LogP contribution is 2.29. The van der Waals surface area contributed by atoms with Gasteiger partial charge < -0.3 is 14.6 Å². The molecule has 4 heteroatoms. The van der Waals surface area contributed by atoms with E-state index in [-0.39, 0.29) is 12.6 Å². The van der Waals surface area contributed by atoms with Crippen LogP contribution in [0, 0.1) is 0 Å². The van der Waals surface area contributed by atoms with E-state index in [1.165, 1.54) is 0 Å². The van der Waals surface area contributed by atoms with Crippen molar-refractivity contribution < 1.29 is 14.6 Å². The van der Waals surface area contributed by atoms with Gasteiger partial charge in [0.1, 0.15) is 0 Å². The third-order valence-electron chi connectivity index (χ3n) is 3.77. The third-order valence-corrected chi connectivity index (χ3v) is 3.77. The van der Waals surface area contributed by atoms with Crippen LogP contribution in [0.1, 0.15) is 17.2 Å².